The van der Waals surface area contributed by atoms with Crippen LogP contribution in [0.3, 0.4) is 0 Å². The predicted molar refractivity (Wildman–Crippen MR) is 151 cm³/mol. The molecule has 1 aliphatic heterocycles. The summed E-state index contributed by atoms with van der Waals surface area (Å²) in [5, 5.41) is 7.98. The largest absolute Gasteiger partial charge is 0.382 e. The molecule has 0 radical (unpaired) electrons. The Labute approximate surface area is 220 Å². The zero-order valence-corrected chi connectivity index (χ0v) is 23.0. The monoisotopic (exact) mass is 524 g/mol. The molecule has 1 fully saturated rings. The maximum Gasteiger partial charge on any atom is 0.178 e. The molecule has 6 nitrogen and oxygen atoms in total. The van der Waals surface area contributed by atoms with E-state index in [1.165, 1.54) is 0 Å². The average molecular weight is 525 g/mol. The van der Waals surface area contributed by atoms with Crippen molar-refractivity contribution >= 4 is 32.1 Å². The van der Waals surface area contributed by atoms with Gasteiger partial charge in [-0.15, -0.1) is 0 Å². The lowest BCUT2D eigenvalue weighted by Crippen LogP contribution is -2.36. The summed E-state index contributed by atoms with van der Waals surface area (Å²) in [4.78, 5) is 2.66. The lowest BCUT2D eigenvalue weighted by molar-refractivity contribution is 0.188. The number of sulfone groups is 1. The molecule has 2 heterocycles. The molecule has 4 rings (SSSR count). The summed E-state index contributed by atoms with van der Waals surface area (Å²) in [6, 6.07) is 15.3. The molecule has 0 aliphatic carbocycles. The number of aromatic nitrogens is 1. The summed E-state index contributed by atoms with van der Waals surface area (Å²) in [5.41, 5.74) is 2.20. The van der Waals surface area contributed by atoms with E-state index < -0.39 is 15.5 Å². The lowest BCUT2D eigenvalue weighted by atomic mass is 10.0. The highest BCUT2D eigenvalue weighted by molar-refractivity contribution is 7.91. The van der Waals surface area contributed by atoms with Crippen LogP contribution in [-0.2, 0) is 16.4 Å². The van der Waals surface area contributed by atoms with Gasteiger partial charge in [-0.1, -0.05) is 18.9 Å². The third-order valence-corrected chi connectivity index (χ3v) is 8.50. The molecular formula is C29H37FN4O2S. The van der Waals surface area contributed by atoms with Gasteiger partial charge >= 0.3 is 0 Å². The van der Waals surface area contributed by atoms with Crippen LogP contribution >= 0.6 is 0 Å². The minimum atomic E-state index is -3.22. The fourth-order valence-electron chi connectivity index (χ4n) is 4.66. The Kier molecular flexibility index (Phi) is 8.15. The molecule has 1 saturated heterocycles. The fourth-order valence-corrected chi connectivity index (χ4v) is 5.54. The van der Waals surface area contributed by atoms with Crippen LogP contribution in [0.25, 0.3) is 10.9 Å². The van der Waals surface area contributed by atoms with Gasteiger partial charge in [-0.05, 0) is 95.2 Å². The van der Waals surface area contributed by atoms with Crippen molar-refractivity contribution in [1.82, 2.24) is 9.47 Å². The quantitative estimate of drug-likeness (QED) is 0.399. The van der Waals surface area contributed by atoms with E-state index in [2.05, 4.69) is 46.6 Å². The van der Waals surface area contributed by atoms with Crippen LogP contribution in [0.1, 0.15) is 39.3 Å². The molecule has 0 amide bonds. The van der Waals surface area contributed by atoms with Crippen molar-refractivity contribution in [2.45, 2.75) is 56.8 Å². The van der Waals surface area contributed by atoms with Crippen molar-refractivity contribution in [3.05, 3.63) is 54.2 Å². The Balaban J connectivity index is 1.55. The first-order valence-electron chi connectivity index (χ1n) is 12.9. The van der Waals surface area contributed by atoms with Gasteiger partial charge in [-0.2, -0.15) is 0 Å². The zero-order valence-electron chi connectivity index (χ0n) is 22.1. The molecule has 0 saturated carbocycles. The number of nitrogens with zero attached hydrogens (tertiary/aromatic N) is 2. The van der Waals surface area contributed by atoms with Gasteiger partial charge in [0, 0.05) is 22.8 Å². The summed E-state index contributed by atoms with van der Waals surface area (Å²) in [6.07, 6.45) is 2.18. The first kappa shape index (κ1) is 27.0. The number of nitrogens with one attached hydrogen (secondary N) is 2. The number of likely N-dealkylation sites (tertiary alicyclic amines) is 1. The maximum absolute atomic E-state index is 14.8. The molecule has 0 unspecified atom stereocenters. The highest BCUT2D eigenvalue weighted by Gasteiger charge is 2.22. The Morgan fingerprint density at radius 2 is 1.81 bits per heavy atom. The summed E-state index contributed by atoms with van der Waals surface area (Å²) in [7, 11) is -1.07. The molecule has 1 aromatic heterocycles. The molecule has 2 aromatic carbocycles. The first-order valence-corrected chi connectivity index (χ1v) is 14.5. The zero-order chi connectivity index (χ0) is 26.6. The Bertz CT molecular complexity index is 1390. The highest BCUT2D eigenvalue weighted by atomic mass is 32.2. The van der Waals surface area contributed by atoms with Gasteiger partial charge in [0.05, 0.1) is 34.9 Å². The fraction of sp³-hybridized carbons (Fsp3) is 0.448. The molecule has 2 N–H and O–H groups in total. The molecule has 8 heteroatoms. The Hall–Kier alpha value is -3.02. The molecule has 37 heavy (non-hydrogen) atoms. The number of halogens is 1. The van der Waals surface area contributed by atoms with E-state index in [4.69, 9.17) is 0 Å². The third kappa shape index (κ3) is 6.85. The van der Waals surface area contributed by atoms with Gasteiger partial charge in [-0.25, -0.2) is 12.8 Å². The molecule has 0 spiro atoms. The van der Waals surface area contributed by atoms with E-state index in [0.717, 1.165) is 53.9 Å². The van der Waals surface area contributed by atoms with Crippen LogP contribution in [0.2, 0.25) is 0 Å². The number of hydrogen-bond acceptors (Lipinski definition) is 5. The van der Waals surface area contributed by atoms with Gasteiger partial charge < -0.3 is 20.1 Å². The average Bonchev–Trinajstić information content (AvgIpc) is 3.20. The predicted octanol–water partition coefficient (Wildman–Crippen LogP) is 5.15. The number of benzene rings is 2. The number of alkyl halides is 1. The molecular weight excluding hydrogens is 487 g/mol. The molecule has 0 bridgehead atoms. The molecule has 0 atom stereocenters. The number of piperidine rings is 1. The van der Waals surface area contributed by atoms with Crippen LogP contribution in [0.4, 0.5) is 15.8 Å². The summed E-state index contributed by atoms with van der Waals surface area (Å²) < 4.78 is 40.8. The standard InChI is InChI=1S/C29H37FN4O2S/c1-5-37(35,36)25-13-11-22(12-14-25)31-17-7-8-24-20-26-27(32-23-15-18-33(4)19-16-23)9-6-10-28(26)34(24)21-29(2,3)30/h6,9-14,20,23,31-32H,5,15-19,21H2,1-4H3. The van der Waals surface area contributed by atoms with E-state index in [0.29, 0.717) is 17.5 Å². The lowest BCUT2D eigenvalue weighted by Gasteiger charge is -2.30. The van der Waals surface area contributed by atoms with Crippen LogP contribution in [0, 0.1) is 11.8 Å². The van der Waals surface area contributed by atoms with Crippen LogP contribution in [0.15, 0.2) is 53.4 Å². The van der Waals surface area contributed by atoms with E-state index in [1.54, 1.807) is 45.0 Å². The minimum absolute atomic E-state index is 0.0736. The summed E-state index contributed by atoms with van der Waals surface area (Å²) >= 11 is 0. The van der Waals surface area contributed by atoms with Crippen molar-refractivity contribution in [3.63, 3.8) is 0 Å². The normalized spacial score (nSPS) is 15.4. The smallest absolute Gasteiger partial charge is 0.178 e. The third-order valence-electron chi connectivity index (χ3n) is 6.75. The van der Waals surface area contributed by atoms with Gasteiger partial charge in [0.2, 0.25) is 0 Å². The van der Waals surface area contributed by atoms with E-state index in [9.17, 15) is 12.8 Å². The number of hydrogen-bond donors (Lipinski definition) is 2. The van der Waals surface area contributed by atoms with Gasteiger partial charge in [0.25, 0.3) is 0 Å². The van der Waals surface area contributed by atoms with Crippen molar-refractivity contribution in [2.24, 2.45) is 0 Å². The van der Waals surface area contributed by atoms with E-state index in [-0.39, 0.29) is 12.3 Å². The maximum atomic E-state index is 14.8. The van der Waals surface area contributed by atoms with Crippen molar-refractivity contribution < 1.29 is 12.8 Å². The Morgan fingerprint density at radius 3 is 2.46 bits per heavy atom. The van der Waals surface area contributed by atoms with Crippen LogP contribution in [-0.4, -0.2) is 62.0 Å². The topological polar surface area (TPSA) is 66.4 Å². The van der Waals surface area contributed by atoms with Gasteiger partial charge in [-0.3, -0.25) is 0 Å². The number of fused-ring (bicyclic) bond motifs is 1. The number of anilines is 2. The van der Waals surface area contributed by atoms with Gasteiger partial charge in [0.1, 0.15) is 5.67 Å². The van der Waals surface area contributed by atoms with Crippen LogP contribution < -0.4 is 10.6 Å². The Morgan fingerprint density at radius 1 is 1.11 bits per heavy atom. The van der Waals surface area contributed by atoms with Gasteiger partial charge in [0.15, 0.2) is 9.84 Å². The van der Waals surface area contributed by atoms with Crippen molar-refractivity contribution in [3.8, 4) is 11.8 Å². The molecule has 3 aromatic rings. The SMILES string of the molecule is CCS(=O)(=O)c1ccc(NCC#Cc2cc3c(NC4CCN(C)CC4)cccc3n2CC(C)(C)F)cc1. The first-order chi connectivity index (χ1) is 17.6. The minimum Gasteiger partial charge on any atom is -0.382 e. The second kappa shape index (κ2) is 11.2. The van der Waals surface area contributed by atoms with Crippen LogP contribution in [0.5, 0.6) is 0 Å². The van der Waals surface area contributed by atoms with E-state index >= 15 is 0 Å². The van der Waals surface area contributed by atoms with Crippen molar-refractivity contribution in [1.29, 1.82) is 0 Å². The second-order valence-electron chi connectivity index (χ2n) is 10.4. The highest BCUT2D eigenvalue weighted by Crippen LogP contribution is 2.30. The second-order valence-corrected chi connectivity index (χ2v) is 12.7. The summed E-state index contributed by atoms with van der Waals surface area (Å²) in [5.74, 6) is 6.45. The number of rotatable bonds is 8. The molecule has 198 valence electrons. The summed E-state index contributed by atoms with van der Waals surface area (Å²) in [6.45, 7) is 7.53. The molecule has 1 aliphatic rings. The van der Waals surface area contributed by atoms with E-state index in [1.807, 2.05) is 16.7 Å². The van der Waals surface area contributed by atoms with Crippen molar-refractivity contribution in [2.75, 3.05) is 43.1 Å².